The lowest BCUT2D eigenvalue weighted by Crippen LogP contribution is -2.61. The number of nitrogens with zero attached hydrogens (tertiary/aromatic N) is 4. The number of hydrogen-bond acceptors (Lipinski definition) is 7. The van der Waals surface area contributed by atoms with Crippen molar-refractivity contribution < 1.29 is 14.3 Å². The molecule has 11 heteroatoms. The minimum absolute atomic E-state index is 0.0807. The van der Waals surface area contributed by atoms with Crippen LogP contribution in [0.5, 0.6) is 0 Å². The van der Waals surface area contributed by atoms with Crippen molar-refractivity contribution in [1.29, 1.82) is 0 Å². The van der Waals surface area contributed by atoms with Crippen molar-refractivity contribution in [3.05, 3.63) is 40.4 Å². The van der Waals surface area contributed by atoms with E-state index < -0.39 is 24.0 Å². The first kappa shape index (κ1) is 21.9. The second kappa shape index (κ2) is 9.02. The fraction of sp³-hybridized carbons (Fsp3) is 0.450. The molecule has 1 aromatic heterocycles. The zero-order chi connectivity index (χ0) is 22.1. The molecule has 4 N–H and O–H groups in total. The highest BCUT2D eigenvalue weighted by molar-refractivity contribution is 6.35. The molecule has 166 valence electrons. The van der Waals surface area contributed by atoms with E-state index in [2.05, 4.69) is 15.3 Å². The average Bonchev–Trinajstić information content (AvgIpc) is 2.72. The van der Waals surface area contributed by atoms with Crippen LogP contribution in [0.25, 0.3) is 0 Å². The summed E-state index contributed by atoms with van der Waals surface area (Å²) in [5.41, 5.74) is 6.23. The van der Waals surface area contributed by atoms with E-state index >= 15 is 0 Å². The number of nitrogen functional groups attached to an aromatic ring is 1. The number of hydrogen-bond donors (Lipinski definition) is 3. The predicted molar refractivity (Wildman–Crippen MR) is 118 cm³/mol. The molecule has 3 atom stereocenters. The van der Waals surface area contributed by atoms with Gasteiger partial charge in [-0.2, -0.15) is 4.39 Å². The van der Waals surface area contributed by atoms with Gasteiger partial charge >= 0.3 is 0 Å². The number of carbonyl (C=O) groups is 1. The number of aliphatic hydroxyl groups is 1. The van der Waals surface area contributed by atoms with Crippen molar-refractivity contribution in [2.75, 3.05) is 35.6 Å². The second-order valence-corrected chi connectivity index (χ2v) is 8.67. The van der Waals surface area contributed by atoms with Gasteiger partial charge in [0.05, 0.1) is 12.1 Å². The van der Waals surface area contributed by atoms with Gasteiger partial charge in [-0.3, -0.25) is 4.79 Å². The van der Waals surface area contributed by atoms with Gasteiger partial charge in [-0.1, -0.05) is 23.2 Å². The first-order valence-corrected chi connectivity index (χ1v) is 10.8. The zero-order valence-electron chi connectivity index (χ0n) is 16.6. The highest BCUT2D eigenvalue weighted by atomic mass is 35.5. The third-order valence-corrected chi connectivity index (χ3v) is 6.16. The fourth-order valence-electron chi connectivity index (χ4n) is 4.21. The molecule has 2 aromatic rings. The van der Waals surface area contributed by atoms with Gasteiger partial charge in [-0.25, -0.2) is 9.97 Å². The topological polar surface area (TPSA) is 108 Å². The summed E-state index contributed by atoms with van der Waals surface area (Å²) in [6, 6.07) is 4.06. The van der Waals surface area contributed by atoms with E-state index in [0.29, 0.717) is 41.7 Å². The van der Waals surface area contributed by atoms with Gasteiger partial charge in [0.15, 0.2) is 11.6 Å². The molecular weight excluding hydrogens is 446 g/mol. The standard InChI is InChI=1S/C20H23Cl2FN6O2/c21-11-6-12(22)8-13(7-11)27-14-2-1-4-29(20(14)31)15-9-28(5-3-16(15)30)19-17(23)18(24)25-10-26-19/h6-8,10,14-16,27,30H,1-5,9H2,(H2,24,25,26)/t14-,15?,16?/m0/s1. The normalized spacial score (nSPS) is 24.4. The number of piperidine rings is 2. The SMILES string of the molecule is Nc1ncnc(N2CCC(O)C(N3CCC[C@H](Nc4cc(Cl)cc(Cl)c4)C3=O)C2)c1F. The van der Waals surface area contributed by atoms with Crippen LogP contribution in [-0.2, 0) is 4.79 Å². The molecule has 2 saturated heterocycles. The number of amides is 1. The van der Waals surface area contributed by atoms with Crippen molar-refractivity contribution in [1.82, 2.24) is 14.9 Å². The number of carbonyl (C=O) groups excluding carboxylic acids is 1. The van der Waals surface area contributed by atoms with Crippen LogP contribution in [0, 0.1) is 5.82 Å². The summed E-state index contributed by atoms with van der Waals surface area (Å²) in [7, 11) is 0. The van der Waals surface area contributed by atoms with Gasteiger partial charge in [0.2, 0.25) is 11.7 Å². The molecule has 0 bridgehead atoms. The maximum absolute atomic E-state index is 14.4. The lowest BCUT2D eigenvalue weighted by Gasteiger charge is -2.45. The van der Waals surface area contributed by atoms with Crippen LogP contribution in [0.4, 0.5) is 21.7 Å². The molecule has 31 heavy (non-hydrogen) atoms. The van der Waals surface area contributed by atoms with Crippen LogP contribution in [-0.4, -0.2) is 63.7 Å². The van der Waals surface area contributed by atoms with E-state index in [1.807, 2.05) is 0 Å². The van der Waals surface area contributed by atoms with Gasteiger partial charge < -0.3 is 26.0 Å². The molecule has 4 rings (SSSR count). The lowest BCUT2D eigenvalue weighted by atomic mass is 9.95. The van der Waals surface area contributed by atoms with Crippen LogP contribution in [0.2, 0.25) is 10.0 Å². The largest absolute Gasteiger partial charge is 0.391 e. The van der Waals surface area contributed by atoms with Crippen molar-refractivity contribution in [2.45, 2.75) is 37.5 Å². The Morgan fingerprint density at radius 1 is 1.16 bits per heavy atom. The minimum atomic E-state index is -0.721. The van der Waals surface area contributed by atoms with E-state index in [0.717, 1.165) is 6.42 Å². The molecule has 2 fully saturated rings. The number of benzene rings is 1. The minimum Gasteiger partial charge on any atom is -0.391 e. The second-order valence-electron chi connectivity index (χ2n) is 7.79. The lowest BCUT2D eigenvalue weighted by molar-refractivity contribution is -0.140. The Morgan fingerprint density at radius 3 is 2.65 bits per heavy atom. The Balaban J connectivity index is 1.51. The van der Waals surface area contributed by atoms with E-state index in [-0.39, 0.29) is 24.1 Å². The van der Waals surface area contributed by atoms with Crippen LogP contribution in [0.3, 0.4) is 0 Å². The number of rotatable bonds is 4. The maximum atomic E-state index is 14.4. The first-order valence-electron chi connectivity index (χ1n) is 10.1. The number of nitrogens with two attached hydrogens (primary N) is 1. The number of aliphatic hydroxyl groups excluding tert-OH is 1. The highest BCUT2D eigenvalue weighted by Crippen LogP contribution is 2.29. The summed E-state index contributed by atoms with van der Waals surface area (Å²) in [5.74, 6) is -0.973. The predicted octanol–water partition coefficient (Wildman–Crippen LogP) is 2.55. The van der Waals surface area contributed by atoms with Crippen molar-refractivity contribution in [3.8, 4) is 0 Å². The van der Waals surface area contributed by atoms with Crippen molar-refractivity contribution in [3.63, 3.8) is 0 Å². The number of anilines is 3. The fourth-order valence-corrected chi connectivity index (χ4v) is 4.74. The third kappa shape index (κ3) is 4.63. The molecule has 0 spiro atoms. The zero-order valence-corrected chi connectivity index (χ0v) is 18.2. The van der Waals surface area contributed by atoms with Gasteiger partial charge in [-0.05, 0) is 37.5 Å². The van der Waals surface area contributed by atoms with E-state index in [1.54, 1.807) is 28.0 Å². The van der Waals surface area contributed by atoms with E-state index in [1.165, 1.54) is 6.33 Å². The molecule has 0 aliphatic carbocycles. The number of aromatic nitrogens is 2. The third-order valence-electron chi connectivity index (χ3n) is 5.72. The summed E-state index contributed by atoms with van der Waals surface area (Å²) in [5, 5.41) is 14.8. The summed E-state index contributed by atoms with van der Waals surface area (Å²) in [6.07, 6.45) is 2.26. The van der Waals surface area contributed by atoms with Crippen LogP contribution < -0.4 is 16.0 Å². The molecule has 0 saturated carbocycles. The molecule has 3 heterocycles. The molecule has 0 radical (unpaired) electrons. The smallest absolute Gasteiger partial charge is 0.245 e. The Hall–Kier alpha value is -2.36. The maximum Gasteiger partial charge on any atom is 0.245 e. The number of likely N-dealkylation sites (tertiary alicyclic amines) is 1. The Labute approximate surface area is 189 Å². The average molecular weight is 469 g/mol. The summed E-state index contributed by atoms with van der Waals surface area (Å²) in [4.78, 5) is 24.3. The van der Waals surface area contributed by atoms with Crippen LogP contribution >= 0.6 is 23.2 Å². The Morgan fingerprint density at radius 2 is 1.90 bits per heavy atom. The highest BCUT2D eigenvalue weighted by Gasteiger charge is 2.40. The van der Waals surface area contributed by atoms with E-state index in [9.17, 15) is 14.3 Å². The number of halogens is 3. The van der Waals surface area contributed by atoms with Gasteiger partial charge in [0.1, 0.15) is 12.4 Å². The van der Waals surface area contributed by atoms with Crippen LogP contribution in [0.15, 0.2) is 24.5 Å². The Kier molecular flexibility index (Phi) is 6.36. The van der Waals surface area contributed by atoms with Crippen molar-refractivity contribution in [2.24, 2.45) is 0 Å². The number of nitrogens with one attached hydrogen (secondary N) is 1. The molecule has 2 aliphatic rings. The quantitative estimate of drug-likeness (QED) is 0.632. The van der Waals surface area contributed by atoms with Crippen LogP contribution in [0.1, 0.15) is 19.3 Å². The molecule has 1 aromatic carbocycles. The van der Waals surface area contributed by atoms with Gasteiger partial charge in [-0.15, -0.1) is 0 Å². The van der Waals surface area contributed by atoms with Gasteiger partial charge in [0.25, 0.3) is 0 Å². The molecule has 1 amide bonds. The molecule has 2 aliphatic heterocycles. The van der Waals surface area contributed by atoms with Gasteiger partial charge in [0, 0.05) is 35.4 Å². The van der Waals surface area contributed by atoms with Crippen molar-refractivity contribution >= 4 is 46.4 Å². The first-order chi connectivity index (χ1) is 14.8. The summed E-state index contributed by atoms with van der Waals surface area (Å²) in [6.45, 7) is 1.16. The summed E-state index contributed by atoms with van der Waals surface area (Å²) < 4.78 is 14.4. The molecular formula is C20H23Cl2FN6O2. The molecule has 2 unspecified atom stereocenters. The monoisotopic (exact) mass is 468 g/mol. The molecule has 8 nitrogen and oxygen atoms in total. The van der Waals surface area contributed by atoms with E-state index in [4.69, 9.17) is 28.9 Å². The summed E-state index contributed by atoms with van der Waals surface area (Å²) >= 11 is 12.1. The Bertz CT molecular complexity index is 960.